The van der Waals surface area contributed by atoms with Crippen LogP contribution in [-0.2, 0) is 6.42 Å². The maximum atomic E-state index is 4.03. The molecule has 1 rings (SSSR count). The van der Waals surface area contributed by atoms with E-state index in [1.54, 1.807) is 0 Å². The molecular formula is C11H12S. The lowest BCUT2D eigenvalue weighted by atomic mass is 10.1. The minimum atomic E-state index is 0.621. The van der Waals surface area contributed by atoms with E-state index >= 15 is 0 Å². The van der Waals surface area contributed by atoms with E-state index in [0.717, 1.165) is 12.0 Å². The molecule has 0 spiro atoms. The van der Waals surface area contributed by atoms with E-state index in [9.17, 15) is 0 Å². The Labute approximate surface area is 79.4 Å². The number of hydrogen-bond donors (Lipinski definition) is 1. The second kappa shape index (κ2) is 4.90. The summed E-state index contributed by atoms with van der Waals surface area (Å²) in [6, 6.07) is 8.30. The third-order valence-corrected chi connectivity index (χ3v) is 1.81. The molecule has 0 heterocycles. The molecule has 0 bridgehead atoms. The van der Waals surface area contributed by atoms with Crippen LogP contribution in [0.2, 0.25) is 0 Å². The maximum absolute atomic E-state index is 4.03. The average Bonchev–Trinajstić information content (AvgIpc) is 2.15. The van der Waals surface area contributed by atoms with Gasteiger partial charge in [0.25, 0.3) is 0 Å². The molecule has 0 radical (unpaired) electrons. The van der Waals surface area contributed by atoms with Gasteiger partial charge in [-0.2, -0.15) is 12.6 Å². The average molecular weight is 176 g/mol. The first kappa shape index (κ1) is 9.22. The van der Waals surface area contributed by atoms with Gasteiger partial charge in [0.2, 0.25) is 0 Å². The third kappa shape index (κ3) is 2.64. The smallest absolute Gasteiger partial charge is 0.0521 e. The van der Waals surface area contributed by atoms with Gasteiger partial charge in [-0.3, -0.25) is 0 Å². The molecular weight excluding hydrogens is 164 g/mol. The first-order valence-electron chi connectivity index (χ1n) is 4.05. The lowest BCUT2D eigenvalue weighted by Gasteiger charge is -1.95. The van der Waals surface area contributed by atoms with Crippen LogP contribution in [0, 0.1) is 11.8 Å². The summed E-state index contributed by atoms with van der Waals surface area (Å²) in [5.74, 6) is 6.59. The standard InChI is InChI=1S/C11H12S/c1-2-10-5-3-6-11(9-10)7-4-8-12/h3,5-6,9,12H,2,8H2,1H3. The van der Waals surface area contributed by atoms with Crippen LogP contribution in [0.25, 0.3) is 0 Å². The molecule has 0 amide bonds. The third-order valence-electron chi connectivity index (χ3n) is 1.65. The largest absolute Gasteiger partial charge is 0.166 e. The number of aryl methyl sites for hydroxylation is 1. The van der Waals surface area contributed by atoms with E-state index < -0.39 is 0 Å². The van der Waals surface area contributed by atoms with E-state index in [0.29, 0.717) is 5.75 Å². The fourth-order valence-corrected chi connectivity index (χ4v) is 1.09. The summed E-state index contributed by atoms with van der Waals surface area (Å²) in [6.45, 7) is 2.14. The van der Waals surface area contributed by atoms with Gasteiger partial charge in [-0.1, -0.05) is 30.9 Å². The Morgan fingerprint density at radius 3 is 2.92 bits per heavy atom. The van der Waals surface area contributed by atoms with Gasteiger partial charge in [0, 0.05) is 5.56 Å². The minimum absolute atomic E-state index is 0.621. The van der Waals surface area contributed by atoms with Crippen LogP contribution < -0.4 is 0 Å². The SMILES string of the molecule is CCc1cccc(C#CCS)c1. The van der Waals surface area contributed by atoms with Crippen molar-refractivity contribution in [2.24, 2.45) is 0 Å². The van der Waals surface area contributed by atoms with Crippen molar-refractivity contribution in [2.75, 3.05) is 5.75 Å². The van der Waals surface area contributed by atoms with Gasteiger partial charge in [0.15, 0.2) is 0 Å². The number of thiol groups is 1. The molecule has 0 aliphatic carbocycles. The zero-order chi connectivity index (χ0) is 8.81. The number of hydrogen-bond acceptors (Lipinski definition) is 1. The highest BCUT2D eigenvalue weighted by Gasteiger charge is 1.88. The Morgan fingerprint density at radius 1 is 1.42 bits per heavy atom. The molecule has 0 aliphatic rings. The molecule has 1 aromatic carbocycles. The zero-order valence-electron chi connectivity index (χ0n) is 7.17. The van der Waals surface area contributed by atoms with Crippen LogP contribution in [0.4, 0.5) is 0 Å². The summed E-state index contributed by atoms with van der Waals surface area (Å²) in [7, 11) is 0. The zero-order valence-corrected chi connectivity index (χ0v) is 8.07. The Balaban J connectivity index is 2.86. The van der Waals surface area contributed by atoms with Crippen LogP contribution in [-0.4, -0.2) is 5.75 Å². The van der Waals surface area contributed by atoms with E-state index in [-0.39, 0.29) is 0 Å². The molecule has 0 aromatic heterocycles. The Bertz CT molecular complexity index is 304. The van der Waals surface area contributed by atoms with Crippen molar-refractivity contribution in [2.45, 2.75) is 13.3 Å². The van der Waals surface area contributed by atoms with Gasteiger partial charge < -0.3 is 0 Å². The lowest BCUT2D eigenvalue weighted by Crippen LogP contribution is -1.81. The molecule has 0 nitrogen and oxygen atoms in total. The van der Waals surface area contributed by atoms with Gasteiger partial charge >= 0.3 is 0 Å². The van der Waals surface area contributed by atoms with Gasteiger partial charge in [0.05, 0.1) is 5.75 Å². The first-order valence-corrected chi connectivity index (χ1v) is 4.68. The molecule has 0 N–H and O–H groups in total. The molecule has 0 saturated carbocycles. The van der Waals surface area contributed by atoms with Crippen molar-refractivity contribution >= 4 is 12.6 Å². The van der Waals surface area contributed by atoms with Crippen LogP contribution >= 0.6 is 12.6 Å². The summed E-state index contributed by atoms with van der Waals surface area (Å²) >= 11 is 4.03. The molecule has 1 aromatic rings. The molecule has 12 heavy (non-hydrogen) atoms. The lowest BCUT2D eigenvalue weighted by molar-refractivity contribution is 1.14. The molecule has 0 aliphatic heterocycles. The monoisotopic (exact) mass is 176 g/mol. The normalized spacial score (nSPS) is 8.83. The molecule has 0 fully saturated rings. The Hall–Kier alpha value is -0.870. The van der Waals surface area contributed by atoms with E-state index in [1.165, 1.54) is 5.56 Å². The van der Waals surface area contributed by atoms with Crippen LogP contribution in [0.5, 0.6) is 0 Å². The van der Waals surface area contributed by atoms with Crippen molar-refractivity contribution in [1.82, 2.24) is 0 Å². The highest BCUT2D eigenvalue weighted by Crippen LogP contribution is 2.04. The number of rotatable bonds is 1. The summed E-state index contributed by atoms with van der Waals surface area (Å²) < 4.78 is 0. The van der Waals surface area contributed by atoms with E-state index in [1.807, 2.05) is 12.1 Å². The highest BCUT2D eigenvalue weighted by molar-refractivity contribution is 7.80. The Morgan fingerprint density at radius 2 is 2.25 bits per heavy atom. The minimum Gasteiger partial charge on any atom is -0.166 e. The first-order chi connectivity index (χ1) is 5.86. The van der Waals surface area contributed by atoms with Crippen molar-refractivity contribution in [3.63, 3.8) is 0 Å². The summed E-state index contributed by atoms with van der Waals surface area (Å²) in [5, 5.41) is 0. The number of benzene rings is 1. The summed E-state index contributed by atoms with van der Waals surface area (Å²) in [6.07, 6.45) is 1.07. The van der Waals surface area contributed by atoms with E-state index in [4.69, 9.17) is 0 Å². The van der Waals surface area contributed by atoms with Gasteiger partial charge in [0.1, 0.15) is 0 Å². The maximum Gasteiger partial charge on any atom is 0.0521 e. The summed E-state index contributed by atoms with van der Waals surface area (Å²) in [4.78, 5) is 0. The van der Waals surface area contributed by atoms with Crippen molar-refractivity contribution in [3.05, 3.63) is 35.4 Å². The topological polar surface area (TPSA) is 0 Å². The van der Waals surface area contributed by atoms with Gasteiger partial charge in [-0.05, 0) is 24.1 Å². The predicted octanol–water partition coefficient (Wildman–Crippen LogP) is 2.53. The van der Waals surface area contributed by atoms with Gasteiger partial charge in [-0.15, -0.1) is 0 Å². The highest BCUT2D eigenvalue weighted by atomic mass is 32.1. The quantitative estimate of drug-likeness (QED) is 0.493. The van der Waals surface area contributed by atoms with Crippen molar-refractivity contribution < 1.29 is 0 Å². The second-order valence-electron chi connectivity index (χ2n) is 2.51. The molecule has 62 valence electrons. The summed E-state index contributed by atoms with van der Waals surface area (Å²) in [5.41, 5.74) is 2.42. The van der Waals surface area contributed by atoms with Crippen molar-refractivity contribution in [1.29, 1.82) is 0 Å². The molecule has 0 saturated heterocycles. The van der Waals surface area contributed by atoms with Crippen molar-refractivity contribution in [3.8, 4) is 11.8 Å². The predicted molar refractivity (Wildman–Crippen MR) is 56.6 cm³/mol. The van der Waals surface area contributed by atoms with Gasteiger partial charge in [-0.25, -0.2) is 0 Å². The molecule has 1 heteroatoms. The Kier molecular flexibility index (Phi) is 3.76. The van der Waals surface area contributed by atoms with Crippen LogP contribution in [0.15, 0.2) is 24.3 Å². The molecule has 0 unspecified atom stereocenters. The van der Waals surface area contributed by atoms with Crippen LogP contribution in [0.1, 0.15) is 18.1 Å². The fraction of sp³-hybridized carbons (Fsp3) is 0.273. The second-order valence-corrected chi connectivity index (χ2v) is 2.83. The molecule has 0 atom stereocenters. The fourth-order valence-electron chi connectivity index (χ4n) is 1.01. The van der Waals surface area contributed by atoms with E-state index in [2.05, 4.69) is 43.5 Å². The van der Waals surface area contributed by atoms with Crippen LogP contribution in [0.3, 0.4) is 0 Å².